The van der Waals surface area contributed by atoms with Crippen LogP contribution in [0.5, 0.6) is 0 Å². The molecule has 2 aromatic carbocycles. The lowest BCUT2D eigenvalue weighted by Crippen LogP contribution is -2.03. The first-order chi connectivity index (χ1) is 9.09. The van der Waals surface area contributed by atoms with E-state index in [0.29, 0.717) is 22.3 Å². The molecule has 0 fully saturated rings. The molecule has 1 N–H and O–H groups in total. The normalized spacial score (nSPS) is 10.2. The van der Waals surface area contributed by atoms with Gasteiger partial charge in [0.1, 0.15) is 10.3 Å². The number of para-hydroxylation sites is 1. The summed E-state index contributed by atoms with van der Waals surface area (Å²) in [5.41, 5.74) is 1.05. The molecule has 0 bridgehead atoms. The van der Waals surface area contributed by atoms with E-state index in [4.69, 9.17) is 0 Å². The van der Waals surface area contributed by atoms with Crippen LogP contribution < -0.4 is 5.32 Å². The third-order valence-corrected chi connectivity index (χ3v) is 3.51. The van der Waals surface area contributed by atoms with Crippen molar-refractivity contribution >= 4 is 27.3 Å². The molecule has 0 heterocycles. The molecular weight excluding hydrogens is 315 g/mol. The molecule has 0 unspecified atom stereocenters. The molecule has 98 valence electrons. The number of rotatable bonds is 4. The minimum Gasteiger partial charge on any atom is -0.379 e. The predicted octanol–water partition coefficient (Wildman–Crippen LogP) is 4.11. The van der Waals surface area contributed by atoms with Crippen LogP contribution in [-0.2, 0) is 6.54 Å². The van der Waals surface area contributed by atoms with E-state index >= 15 is 0 Å². The van der Waals surface area contributed by atoms with E-state index in [1.807, 2.05) is 0 Å². The Morgan fingerprint density at radius 3 is 2.63 bits per heavy atom. The fourth-order valence-electron chi connectivity index (χ4n) is 1.64. The van der Waals surface area contributed by atoms with Crippen molar-refractivity contribution < 1.29 is 9.31 Å². The highest BCUT2D eigenvalue weighted by atomic mass is 79.9. The molecular formula is C13H10BrFN2O2. The highest BCUT2D eigenvalue weighted by Gasteiger charge is 2.14. The first-order valence-corrected chi connectivity index (χ1v) is 6.29. The summed E-state index contributed by atoms with van der Waals surface area (Å²) in [5, 5.41) is 13.7. The Balaban J connectivity index is 2.19. The van der Waals surface area contributed by atoms with Gasteiger partial charge >= 0.3 is 0 Å². The molecule has 2 rings (SSSR count). The van der Waals surface area contributed by atoms with Gasteiger partial charge in [-0.15, -0.1) is 0 Å². The van der Waals surface area contributed by atoms with Crippen LogP contribution in [0.15, 0.2) is 46.9 Å². The molecule has 0 aromatic heterocycles. The van der Waals surface area contributed by atoms with Crippen molar-refractivity contribution in [3.63, 3.8) is 0 Å². The van der Waals surface area contributed by atoms with Gasteiger partial charge in [-0.25, -0.2) is 4.39 Å². The molecule has 2 aromatic rings. The number of hydrogen-bond donors (Lipinski definition) is 1. The Hall–Kier alpha value is -1.95. The van der Waals surface area contributed by atoms with Gasteiger partial charge in [0.25, 0.3) is 5.69 Å². The van der Waals surface area contributed by atoms with E-state index in [1.165, 1.54) is 12.1 Å². The summed E-state index contributed by atoms with van der Waals surface area (Å²) in [4.78, 5) is 10.3. The largest absolute Gasteiger partial charge is 0.379 e. The first-order valence-electron chi connectivity index (χ1n) is 5.50. The lowest BCUT2D eigenvalue weighted by atomic mass is 10.2. The lowest BCUT2D eigenvalue weighted by molar-refractivity contribution is -0.385. The number of benzene rings is 2. The maximum Gasteiger partial charge on any atom is 0.283 e. The van der Waals surface area contributed by atoms with Crippen molar-refractivity contribution in [2.45, 2.75) is 6.54 Å². The second-order valence-corrected chi connectivity index (χ2v) is 4.63. The summed E-state index contributed by atoms with van der Waals surface area (Å²) in [6.45, 7) is 0.295. The van der Waals surface area contributed by atoms with Gasteiger partial charge in [0.05, 0.1) is 10.6 Å². The molecule has 0 aliphatic carbocycles. The molecule has 0 amide bonds. The summed E-state index contributed by atoms with van der Waals surface area (Å²) < 4.78 is 13.8. The minimum atomic E-state index is -0.462. The van der Waals surface area contributed by atoms with Crippen molar-refractivity contribution in [2.24, 2.45) is 0 Å². The minimum absolute atomic E-state index is 0.00664. The van der Waals surface area contributed by atoms with Crippen LogP contribution in [-0.4, -0.2) is 4.92 Å². The summed E-state index contributed by atoms with van der Waals surface area (Å²) >= 11 is 3.20. The number of nitrogens with one attached hydrogen (secondary N) is 1. The zero-order valence-corrected chi connectivity index (χ0v) is 11.4. The Morgan fingerprint density at radius 1 is 1.21 bits per heavy atom. The predicted molar refractivity (Wildman–Crippen MR) is 74.5 cm³/mol. The number of anilines is 1. The van der Waals surface area contributed by atoms with Gasteiger partial charge in [-0.2, -0.15) is 0 Å². The van der Waals surface area contributed by atoms with Gasteiger partial charge in [0, 0.05) is 12.6 Å². The maximum absolute atomic E-state index is 13.4. The monoisotopic (exact) mass is 324 g/mol. The molecule has 0 spiro atoms. The highest BCUT2D eigenvalue weighted by Crippen LogP contribution is 2.28. The molecule has 0 saturated heterocycles. The lowest BCUT2D eigenvalue weighted by Gasteiger charge is -2.09. The zero-order valence-electron chi connectivity index (χ0n) is 9.77. The average Bonchev–Trinajstić information content (AvgIpc) is 2.39. The van der Waals surface area contributed by atoms with Crippen molar-refractivity contribution in [1.82, 2.24) is 0 Å². The van der Waals surface area contributed by atoms with Gasteiger partial charge in [0.2, 0.25) is 0 Å². The maximum atomic E-state index is 13.4. The van der Waals surface area contributed by atoms with Crippen molar-refractivity contribution in [2.75, 3.05) is 5.32 Å². The van der Waals surface area contributed by atoms with E-state index in [9.17, 15) is 14.5 Å². The first kappa shape index (κ1) is 13.5. The van der Waals surface area contributed by atoms with Crippen LogP contribution in [0.1, 0.15) is 5.56 Å². The van der Waals surface area contributed by atoms with E-state index in [2.05, 4.69) is 21.2 Å². The number of hydrogen-bond acceptors (Lipinski definition) is 3. The third kappa shape index (κ3) is 3.08. The summed E-state index contributed by atoms with van der Waals surface area (Å²) in [6.07, 6.45) is 0. The number of nitrogens with zero attached hydrogens (tertiary/aromatic N) is 1. The quantitative estimate of drug-likeness (QED) is 0.680. The van der Waals surface area contributed by atoms with Crippen LogP contribution in [0.4, 0.5) is 15.8 Å². The highest BCUT2D eigenvalue weighted by molar-refractivity contribution is 9.10. The smallest absolute Gasteiger partial charge is 0.283 e. The molecule has 19 heavy (non-hydrogen) atoms. The Labute approximate surface area is 117 Å². The SMILES string of the molecule is O=[N+]([O-])c1cccc(CNc2ccccc2F)c1Br. The van der Waals surface area contributed by atoms with E-state index < -0.39 is 4.92 Å². The van der Waals surface area contributed by atoms with Crippen LogP contribution >= 0.6 is 15.9 Å². The van der Waals surface area contributed by atoms with Gasteiger partial charge in [0.15, 0.2) is 0 Å². The fraction of sp³-hybridized carbons (Fsp3) is 0.0769. The van der Waals surface area contributed by atoms with Crippen LogP contribution in [0.3, 0.4) is 0 Å². The van der Waals surface area contributed by atoms with E-state index in [1.54, 1.807) is 30.3 Å². The molecule has 4 nitrogen and oxygen atoms in total. The Bertz CT molecular complexity index is 619. The average molecular weight is 325 g/mol. The summed E-state index contributed by atoms with van der Waals surface area (Å²) in [7, 11) is 0. The van der Waals surface area contributed by atoms with E-state index in [-0.39, 0.29) is 11.5 Å². The van der Waals surface area contributed by atoms with Crippen LogP contribution in [0.25, 0.3) is 0 Å². The second-order valence-electron chi connectivity index (χ2n) is 3.84. The topological polar surface area (TPSA) is 55.2 Å². The standard InChI is InChI=1S/C13H10BrFN2O2/c14-13-9(4-3-7-12(13)17(18)19)8-16-11-6-2-1-5-10(11)15/h1-7,16H,8H2. The van der Waals surface area contributed by atoms with Crippen molar-refractivity contribution in [3.05, 3.63) is 68.4 Å². The van der Waals surface area contributed by atoms with Crippen molar-refractivity contribution in [3.8, 4) is 0 Å². The number of nitro groups is 1. The zero-order chi connectivity index (χ0) is 13.8. The number of halogens is 2. The van der Waals surface area contributed by atoms with Crippen molar-refractivity contribution in [1.29, 1.82) is 0 Å². The van der Waals surface area contributed by atoms with Crippen LogP contribution in [0, 0.1) is 15.9 Å². The van der Waals surface area contributed by atoms with Gasteiger partial charge in [-0.1, -0.05) is 24.3 Å². The van der Waals surface area contributed by atoms with E-state index in [0.717, 1.165) is 0 Å². The van der Waals surface area contributed by atoms with Gasteiger partial charge in [-0.3, -0.25) is 10.1 Å². The van der Waals surface area contributed by atoms with Crippen LogP contribution in [0.2, 0.25) is 0 Å². The second kappa shape index (κ2) is 5.79. The van der Waals surface area contributed by atoms with Gasteiger partial charge < -0.3 is 5.32 Å². The molecule has 0 aliphatic rings. The molecule has 0 aliphatic heterocycles. The summed E-state index contributed by atoms with van der Waals surface area (Å²) in [5.74, 6) is -0.357. The molecule has 0 atom stereocenters. The fourth-order valence-corrected chi connectivity index (χ4v) is 2.19. The Morgan fingerprint density at radius 2 is 1.95 bits per heavy atom. The third-order valence-electron chi connectivity index (χ3n) is 2.60. The summed E-state index contributed by atoms with van der Waals surface area (Å²) in [6, 6.07) is 11.0. The molecule has 0 radical (unpaired) electrons. The number of nitro benzene ring substituents is 1. The Kier molecular flexibility index (Phi) is 4.11. The van der Waals surface area contributed by atoms with Gasteiger partial charge in [-0.05, 0) is 33.6 Å². The molecule has 0 saturated carbocycles. The molecule has 6 heteroatoms.